The second-order valence-electron chi connectivity index (χ2n) is 6.39. The number of amides is 2. The normalized spacial score (nSPS) is 18.7. The number of halogens is 1. The first-order valence-corrected chi connectivity index (χ1v) is 10.2. The molecule has 0 aliphatic carbocycles. The number of β-amino-alcohol motifs (C(OH)–C–C–N with tert-alkyl or cyclic N) is 1. The number of para-hydroxylation sites is 1. The van der Waals surface area contributed by atoms with E-state index < -0.39 is 6.23 Å². The van der Waals surface area contributed by atoms with Crippen LogP contribution in [0.2, 0.25) is 0 Å². The Morgan fingerprint density at radius 3 is 2.73 bits per heavy atom. The average molecular weight is 441 g/mol. The van der Waals surface area contributed by atoms with E-state index in [1.54, 1.807) is 7.05 Å². The number of aromatic nitrogens is 2. The lowest BCUT2D eigenvalue weighted by Crippen LogP contribution is -2.34. The number of nitrogens with zero attached hydrogens (tertiary/aromatic N) is 4. The number of carbonyl (C=O) groups is 1. The summed E-state index contributed by atoms with van der Waals surface area (Å²) < 4.78 is 6.18. The van der Waals surface area contributed by atoms with Crippen molar-refractivity contribution < 1.29 is 14.6 Å². The van der Waals surface area contributed by atoms with Crippen molar-refractivity contribution in [2.75, 3.05) is 23.8 Å². The van der Waals surface area contributed by atoms with Gasteiger partial charge in [0.2, 0.25) is 5.13 Å². The molecule has 0 bridgehead atoms. The van der Waals surface area contributed by atoms with E-state index in [1.807, 2.05) is 24.3 Å². The Labute approximate surface area is 164 Å². The lowest BCUT2D eigenvalue weighted by molar-refractivity contribution is 0.183. The zero-order chi connectivity index (χ0) is 18.8. The predicted molar refractivity (Wildman–Crippen MR) is 104 cm³/mol. The van der Waals surface area contributed by atoms with E-state index in [0.29, 0.717) is 21.4 Å². The number of likely N-dealkylation sites (N-methyl/N-ethyl adjacent to an activating group) is 1. The number of aliphatic hydroxyl groups excluding tert-OH is 1. The topological polar surface area (TPSA) is 78.8 Å². The molecule has 1 aromatic heterocycles. The van der Waals surface area contributed by atoms with Crippen molar-refractivity contribution in [2.45, 2.75) is 32.1 Å². The van der Waals surface area contributed by atoms with Crippen LogP contribution >= 0.6 is 27.3 Å². The highest BCUT2D eigenvalue weighted by atomic mass is 79.9. The number of aliphatic hydroxyl groups is 1. The average Bonchev–Trinajstić information content (AvgIpc) is 3.17. The molecule has 140 valence electrons. The van der Waals surface area contributed by atoms with Crippen molar-refractivity contribution in [3.63, 3.8) is 0 Å². The van der Waals surface area contributed by atoms with Crippen LogP contribution in [0.1, 0.15) is 36.4 Å². The number of anilines is 1. The fourth-order valence-corrected chi connectivity index (χ4v) is 4.31. The highest BCUT2D eigenvalue weighted by molar-refractivity contribution is 9.09. The van der Waals surface area contributed by atoms with Crippen molar-refractivity contribution in [2.24, 2.45) is 0 Å². The van der Waals surface area contributed by atoms with Gasteiger partial charge in [-0.2, -0.15) is 0 Å². The molecule has 2 aromatic rings. The number of rotatable bonds is 6. The first-order valence-electron chi connectivity index (χ1n) is 8.29. The minimum atomic E-state index is -0.918. The third-order valence-corrected chi connectivity index (χ3v) is 5.73. The van der Waals surface area contributed by atoms with Gasteiger partial charge in [0.25, 0.3) is 0 Å². The molecule has 1 fully saturated rings. The van der Waals surface area contributed by atoms with Crippen molar-refractivity contribution in [1.82, 2.24) is 15.1 Å². The van der Waals surface area contributed by atoms with Crippen LogP contribution in [0.3, 0.4) is 0 Å². The number of benzene rings is 1. The van der Waals surface area contributed by atoms with Crippen LogP contribution < -0.4 is 9.64 Å². The van der Waals surface area contributed by atoms with E-state index in [1.165, 1.54) is 21.1 Å². The molecule has 7 nitrogen and oxygen atoms in total. The Morgan fingerprint density at radius 2 is 2.12 bits per heavy atom. The Hall–Kier alpha value is -1.71. The maximum atomic E-state index is 12.2. The molecule has 1 aliphatic rings. The molecule has 2 unspecified atom stereocenters. The van der Waals surface area contributed by atoms with Crippen molar-refractivity contribution in [3.8, 4) is 5.75 Å². The first kappa shape index (κ1) is 19.1. The van der Waals surface area contributed by atoms with Gasteiger partial charge in [-0.1, -0.05) is 59.3 Å². The van der Waals surface area contributed by atoms with Crippen molar-refractivity contribution in [3.05, 3.63) is 34.8 Å². The molecule has 0 saturated carbocycles. The third-order valence-electron chi connectivity index (χ3n) is 4.13. The summed E-state index contributed by atoms with van der Waals surface area (Å²) in [5, 5.41) is 19.9. The van der Waals surface area contributed by atoms with E-state index in [4.69, 9.17) is 4.74 Å². The summed E-state index contributed by atoms with van der Waals surface area (Å²) in [5.74, 6) is 1.14. The molecule has 1 N–H and O–H groups in total. The van der Waals surface area contributed by atoms with Crippen LogP contribution in [0.15, 0.2) is 24.3 Å². The maximum absolute atomic E-state index is 12.2. The Balaban J connectivity index is 1.82. The standard InChI is InChI=1S/C17H21BrN4O3S/c1-10(2)11-6-4-5-7-12(11)25-13(8-18)15-19-20-16(26-15)22-14(23)9-21(3)17(22)24/h4-7,10,13-14,23H,8-9H2,1-3H3. The van der Waals surface area contributed by atoms with Crippen LogP contribution in [0.25, 0.3) is 0 Å². The molecule has 2 amide bonds. The molecule has 1 saturated heterocycles. The number of carbonyl (C=O) groups excluding carboxylic acids is 1. The smallest absolute Gasteiger partial charge is 0.328 e. The molecule has 0 spiro atoms. The fourth-order valence-electron chi connectivity index (χ4n) is 2.75. The SMILES string of the molecule is CC(C)c1ccccc1OC(CBr)c1nnc(N2C(=O)N(C)CC2O)s1. The van der Waals surface area contributed by atoms with E-state index >= 15 is 0 Å². The predicted octanol–water partition coefficient (Wildman–Crippen LogP) is 3.37. The largest absolute Gasteiger partial charge is 0.482 e. The van der Waals surface area contributed by atoms with E-state index in [9.17, 15) is 9.90 Å². The van der Waals surface area contributed by atoms with E-state index in [0.717, 1.165) is 11.3 Å². The summed E-state index contributed by atoms with van der Waals surface area (Å²) >= 11 is 4.72. The minimum absolute atomic E-state index is 0.244. The highest BCUT2D eigenvalue weighted by Crippen LogP contribution is 2.34. The van der Waals surface area contributed by atoms with Gasteiger partial charge in [-0.3, -0.25) is 0 Å². The van der Waals surface area contributed by atoms with Crippen LogP contribution in [0, 0.1) is 0 Å². The monoisotopic (exact) mass is 440 g/mol. The molecular weight excluding hydrogens is 420 g/mol. The molecule has 3 rings (SSSR count). The van der Waals surface area contributed by atoms with Gasteiger partial charge in [0.05, 0.1) is 6.54 Å². The highest BCUT2D eigenvalue weighted by Gasteiger charge is 2.37. The van der Waals surface area contributed by atoms with Crippen LogP contribution in [-0.4, -0.2) is 51.4 Å². The fraction of sp³-hybridized carbons (Fsp3) is 0.471. The van der Waals surface area contributed by atoms with Gasteiger partial charge in [-0.15, -0.1) is 10.2 Å². The molecule has 9 heteroatoms. The van der Waals surface area contributed by atoms with E-state index in [-0.39, 0.29) is 18.7 Å². The quantitative estimate of drug-likeness (QED) is 0.696. The van der Waals surface area contributed by atoms with Gasteiger partial charge in [0.15, 0.2) is 17.3 Å². The summed E-state index contributed by atoms with van der Waals surface area (Å²) in [6, 6.07) is 7.63. The number of ether oxygens (including phenoxy) is 1. The van der Waals surface area contributed by atoms with Gasteiger partial charge >= 0.3 is 6.03 Å². The molecule has 2 atom stereocenters. The zero-order valence-electron chi connectivity index (χ0n) is 14.8. The first-order chi connectivity index (χ1) is 12.4. The number of hydrogen-bond donors (Lipinski definition) is 1. The third kappa shape index (κ3) is 3.70. The van der Waals surface area contributed by atoms with E-state index in [2.05, 4.69) is 40.0 Å². The van der Waals surface area contributed by atoms with Gasteiger partial charge in [-0.05, 0) is 17.5 Å². The molecule has 26 heavy (non-hydrogen) atoms. The minimum Gasteiger partial charge on any atom is -0.482 e. The Bertz CT molecular complexity index is 785. The van der Waals surface area contributed by atoms with Gasteiger partial charge < -0.3 is 14.7 Å². The zero-order valence-corrected chi connectivity index (χ0v) is 17.2. The lowest BCUT2D eigenvalue weighted by Gasteiger charge is -2.18. The lowest BCUT2D eigenvalue weighted by atomic mass is 10.0. The Kier molecular flexibility index (Phi) is 5.79. The summed E-state index contributed by atoms with van der Waals surface area (Å²) in [6.07, 6.45) is -1.26. The van der Waals surface area contributed by atoms with Crippen molar-refractivity contribution >= 4 is 38.4 Å². The number of urea groups is 1. The van der Waals surface area contributed by atoms with Gasteiger partial charge in [0, 0.05) is 12.4 Å². The molecular formula is C17H21BrN4O3S. The van der Waals surface area contributed by atoms with Gasteiger partial charge in [0.1, 0.15) is 5.75 Å². The number of alkyl halides is 1. The molecule has 2 heterocycles. The number of hydrogen-bond acceptors (Lipinski definition) is 6. The second-order valence-corrected chi connectivity index (χ2v) is 8.02. The summed E-state index contributed by atoms with van der Waals surface area (Å²) in [7, 11) is 1.64. The summed E-state index contributed by atoms with van der Waals surface area (Å²) in [5.41, 5.74) is 1.12. The molecule has 0 radical (unpaired) electrons. The van der Waals surface area contributed by atoms with Crippen LogP contribution in [0.4, 0.5) is 9.93 Å². The van der Waals surface area contributed by atoms with Crippen molar-refractivity contribution in [1.29, 1.82) is 0 Å². The molecule has 1 aromatic carbocycles. The molecule has 1 aliphatic heterocycles. The van der Waals surface area contributed by atoms with Crippen LogP contribution in [-0.2, 0) is 0 Å². The second kappa shape index (κ2) is 7.89. The Morgan fingerprint density at radius 1 is 1.38 bits per heavy atom. The summed E-state index contributed by atoms with van der Waals surface area (Å²) in [6.45, 7) is 4.48. The van der Waals surface area contributed by atoms with Crippen LogP contribution in [0.5, 0.6) is 5.75 Å². The maximum Gasteiger partial charge on any atom is 0.328 e. The van der Waals surface area contributed by atoms with Gasteiger partial charge in [-0.25, -0.2) is 9.69 Å². The summed E-state index contributed by atoms with van der Waals surface area (Å²) in [4.78, 5) is 14.9.